The van der Waals surface area contributed by atoms with Gasteiger partial charge in [0.25, 0.3) is 0 Å². The van der Waals surface area contributed by atoms with Gasteiger partial charge in [0.1, 0.15) is 6.07 Å². The summed E-state index contributed by atoms with van der Waals surface area (Å²) in [6.45, 7) is 1.86. The minimum atomic E-state index is -0.705. The maximum absolute atomic E-state index is 11.5. The van der Waals surface area contributed by atoms with Crippen molar-refractivity contribution in [1.82, 2.24) is 5.43 Å². The summed E-state index contributed by atoms with van der Waals surface area (Å²) in [5.41, 5.74) is 3.41. The van der Waals surface area contributed by atoms with E-state index >= 15 is 0 Å². The second-order valence-electron chi connectivity index (χ2n) is 3.93. The second kappa shape index (κ2) is 10.4. The highest BCUT2D eigenvalue weighted by Gasteiger charge is 2.09. The third-order valence-corrected chi connectivity index (χ3v) is 3.20. The normalized spacial score (nSPS) is 12.1. The molecule has 0 unspecified atom stereocenters. The average Bonchev–Trinajstić information content (AvgIpc) is 2.55. The van der Waals surface area contributed by atoms with Gasteiger partial charge in [-0.25, -0.2) is 9.79 Å². The van der Waals surface area contributed by atoms with E-state index in [1.807, 2.05) is 12.1 Å². The van der Waals surface area contributed by atoms with Gasteiger partial charge < -0.3 is 4.74 Å². The van der Waals surface area contributed by atoms with Crippen molar-refractivity contribution in [3.63, 3.8) is 0 Å². The van der Waals surface area contributed by atoms with Crippen LogP contribution in [-0.4, -0.2) is 30.2 Å². The summed E-state index contributed by atoms with van der Waals surface area (Å²) >= 11 is 7.08. The molecule has 0 aliphatic heterocycles. The van der Waals surface area contributed by atoms with Gasteiger partial charge in [-0.1, -0.05) is 35.5 Å². The number of hydrogen-bond acceptors (Lipinski definition) is 6. The highest BCUT2D eigenvalue weighted by Crippen LogP contribution is 2.07. The lowest BCUT2D eigenvalue weighted by Gasteiger charge is -2.01. The summed E-state index contributed by atoms with van der Waals surface area (Å²) in [7, 11) is 0. The predicted molar refractivity (Wildman–Crippen MR) is 93.5 cm³/mol. The van der Waals surface area contributed by atoms with E-state index in [1.54, 1.807) is 37.6 Å². The number of nitrogens with zero attached hydrogens (tertiary/aromatic N) is 3. The van der Waals surface area contributed by atoms with Crippen molar-refractivity contribution < 1.29 is 9.53 Å². The van der Waals surface area contributed by atoms with Crippen LogP contribution >= 0.6 is 23.4 Å². The van der Waals surface area contributed by atoms with Gasteiger partial charge in [0.2, 0.25) is 0 Å². The minimum absolute atomic E-state index is 0.179. The monoisotopic (exact) mass is 350 g/mol. The fourth-order valence-corrected chi connectivity index (χ4v) is 1.73. The van der Waals surface area contributed by atoms with Crippen LogP contribution in [0.1, 0.15) is 12.5 Å². The standard InChI is InChI=1S/C15H15ClN4O2S/c1-3-22-14(21)12(8-17)10-18-15(23-2)20-19-9-11-4-6-13(16)7-5-11/h4-7,9-10H,3H2,1-2H3,(H,18,20)/b12-10+,19-9+. The first-order chi connectivity index (χ1) is 11.1. The lowest BCUT2D eigenvalue weighted by Crippen LogP contribution is -2.13. The molecule has 0 atom stereocenters. The van der Waals surface area contributed by atoms with E-state index in [0.717, 1.165) is 11.8 Å². The molecule has 0 bridgehead atoms. The molecule has 1 aromatic rings. The van der Waals surface area contributed by atoms with E-state index in [4.69, 9.17) is 21.6 Å². The van der Waals surface area contributed by atoms with Gasteiger partial charge in [-0.05, 0) is 30.9 Å². The number of halogens is 1. The first kappa shape index (κ1) is 18.7. The quantitative estimate of drug-likeness (QED) is 0.220. The van der Waals surface area contributed by atoms with Gasteiger partial charge in [-0.2, -0.15) is 10.4 Å². The average molecular weight is 351 g/mol. The van der Waals surface area contributed by atoms with E-state index in [2.05, 4.69) is 15.5 Å². The van der Waals surface area contributed by atoms with Gasteiger partial charge in [0.05, 0.1) is 19.0 Å². The summed E-state index contributed by atoms with van der Waals surface area (Å²) in [6.07, 6.45) is 4.53. The molecule has 0 aliphatic rings. The minimum Gasteiger partial charge on any atom is -0.462 e. The van der Waals surface area contributed by atoms with Crippen LogP contribution in [0.5, 0.6) is 0 Å². The number of ether oxygens (including phenoxy) is 1. The number of hydrogen-bond donors (Lipinski definition) is 1. The lowest BCUT2D eigenvalue weighted by molar-refractivity contribution is -0.138. The van der Waals surface area contributed by atoms with Gasteiger partial charge in [-0.15, -0.1) is 0 Å². The topological polar surface area (TPSA) is 86.8 Å². The lowest BCUT2D eigenvalue weighted by atomic mass is 10.2. The molecular formula is C15H15ClN4O2S. The van der Waals surface area contributed by atoms with E-state index < -0.39 is 5.97 Å². The highest BCUT2D eigenvalue weighted by molar-refractivity contribution is 8.13. The van der Waals surface area contributed by atoms with Crippen LogP contribution in [-0.2, 0) is 9.53 Å². The van der Waals surface area contributed by atoms with Gasteiger partial charge in [-0.3, -0.25) is 5.43 Å². The molecule has 0 radical (unpaired) electrons. The van der Waals surface area contributed by atoms with Crippen LogP contribution in [0.4, 0.5) is 0 Å². The summed E-state index contributed by atoms with van der Waals surface area (Å²) in [6, 6.07) is 8.89. The zero-order valence-electron chi connectivity index (χ0n) is 12.6. The summed E-state index contributed by atoms with van der Waals surface area (Å²) in [5, 5.41) is 14.0. The van der Waals surface area contributed by atoms with Gasteiger partial charge in [0.15, 0.2) is 10.7 Å². The van der Waals surface area contributed by atoms with Crippen molar-refractivity contribution in [2.75, 3.05) is 12.9 Å². The second-order valence-corrected chi connectivity index (χ2v) is 5.17. The molecule has 0 heterocycles. The molecule has 1 rings (SSSR count). The van der Waals surface area contributed by atoms with Crippen LogP contribution in [0.2, 0.25) is 5.02 Å². The highest BCUT2D eigenvalue weighted by atomic mass is 35.5. The Kier molecular flexibility index (Phi) is 8.50. The fraction of sp³-hybridized carbons (Fsp3) is 0.200. The maximum atomic E-state index is 11.5. The van der Waals surface area contributed by atoms with Crippen LogP contribution in [0, 0.1) is 11.3 Å². The number of rotatable bonds is 5. The number of thioether (sulfide) groups is 1. The van der Waals surface area contributed by atoms with E-state index in [0.29, 0.717) is 10.2 Å². The molecule has 0 saturated carbocycles. The number of hydrazone groups is 1. The Morgan fingerprint density at radius 3 is 2.74 bits per heavy atom. The first-order valence-corrected chi connectivity index (χ1v) is 8.14. The molecule has 1 N–H and O–H groups in total. The third-order valence-electron chi connectivity index (χ3n) is 2.36. The third kappa shape index (κ3) is 7.00. The first-order valence-electron chi connectivity index (χ1n) is 6.54. The molecular weight excluding hydrogens is 336 g/mol. The van der Waals surface area contributed by atoms with Crippen LogP contribution in [0.25, 0.3) is 0 Å². The summed E-state index contributed by atoms with van der Waals surface area (Å²) < 4.78 is 4.74. The summed E-state index contributed by atoms with van der Waals surface area (Å²) in [4.78, 5) is 15.5. The van der Waals surface area contributed by atoms with Gasteiger partial charge >= 0.3 is 5.97 Å². The van der Waals surface area contributed by atoms with E-state index in [9.17, 15) is 4.79 Å². The van der Waals surface area contributed by atoms with Crippen molar-refractivity contribution in [1.29, 1.82) is 5.26 Å². The number of amidine groups is 1. The molecule has 0 fully saturated rings. The molecule has 0 aliphatic carbocycles. The Labute approximate surface area is 143 Å². The van der Waals surface area contributed by atoms with Crippen LogP contribution in [0.3, 0.4) is 0 Å². The number of carbonyl (C=O) groups is 1. The van der Waals surface area contributed by atoms with E-state index in [1.165, 1.54) is 11.8 Å². The van der Waals surface area contributed by atoms with Gasteiger partial charge in [0, 0.05) is 5.02 Å². The number of aliphatic imine (C=N–C) groups is 1. The Hall–Kier alpha value is -2.30. The molecule has 120 valence electrons. The molecule has 6 nitrogen and oxygen atoms in total. The SMILES string of the molecule is CCOC(=O)/C(C#N)=C/N=C(N/N=C/c1ccc(Cl)cc1)SC. The van der Waals surface area contributed by atoms with Crippen LogP contribution in [0.15, 0.2) is 46.1 Å². The Bertz CT molecular complexity index is 663. The number of nitriles is 1. The Morgan fingerprint density at radius 2 is 2.17 bits per heavy atom. The van der Waals surface area contributed by atoms with Crippen molar-refractivity contribution in [2.24, 2.45) is 10.1 Å². The fourth-order valence-electron chi connectivity index (χ4n) is 1.30. The van der Waals surface area contributed by atoms with Crippen LogP contribution < -0.4 is 5.43 Å². The maximum Gasteiger partial charge on any atom is 0.350 e. The number of esters is 1. The molecule has 0 spiro atoms. The zero-order chi connectivity index (χ0) is 17.1. The molecule has 1 aromatic carbocycles. The molecule has 0 saturated heterocycles. The summed E-state index contributed by atoms with van der Waals surface area (Å²) in [5.74, 6) is -0.705. The molecule has 23 heavy (non-hydrogen) atoms. The number of nitrogens with one attached hydrogen (secondary N) is 1. The predicted octanol–water partition coefficient (Wildman–Crippen LogP) is 2.95. The van der Waals surface area contributed by atoms with E-state index in [-0.39, 0.29) is 12.2 Å². The van der Waals surface area contributed by atoms with Crippen molar-refractivity contribution in [2.45, 2.75) is 6.92 Å². The Morgan fingerprint density at radius 1 is 1.48 bits per heavy atom. The number of carbonyl (C=O) groups excluding carboxylic acids is 1. The smallest absolute Gasteiger partial charge is 0.350 e. The molecule has 8 heteroatoms. The van der Waals surface area contributed by atoms with Crippen molar-refractivity contribution in [3.05, 3.63) is 46.6 Å². The van der Waals surface area contributed by atoms with Crippen molar-refractivity contribution in [3.8, 4) is 6.07 Å². The Balaban J connectivity index is 2.73. The number of benzene rings is 1. The van der Waals surface area contributed by atoms with Crippen molar-refractivity contribution >= 4 is 40.7 Å². The molecule has 0 amide bonds. The largest absolute Gasteiger partial charge is 0.462 e. The molecule has 0 aromatic heterocycles. The zero-order valence-corrected chi connectivity index (χ0v) is 14.2.